The summed E-state index contributed by atoms with van der Waals surface area (Å²) in [6.45, 7) is 3.17. The molecule has 2 aromatic carbocycles. The quantitative estimate of drug-likeness (QED) is 0.778. The normalized spacial score (nSPS) is 16.3. The highest BCUT2D eigenvalue weighted by Gasteiger charge is 2.27. The number of carbonyl (C=O) groups is 1. The van der Waals surface area contributed by atoms with Crippen molar-refractivity contribution in [3.63, 3.8) is 0 Å². The number of amides is 2. The van der Waals surface area contributed by atoms with Gasteiger partial charge in [-0.05, 0) is 37.0 Å². The summed E-state index contributed by atoms with van der Waals surface area (Å²) in [5.41, 5.74) is 1.60. The van der Waals surface area contributed by atoms with Gasteiger partial charge >= 0.3 is 6.03 Å². The minimum Gasteiger partial charge on any atom is -0.334 e. The predicted molar refractivity (Wildman–Crippen MR) is 109 cm³/mol. The van der Waals surface area contributed by atoms with Gasteiger partial charge < -0.3 is 10.6 Å². The average Bonchev–Trinajstić information content (AvgIpc) is 2.73. The molecule has 0 spiro atoms. The van der Waals surface area contributed by atoms with E-state index in [0.717, 1.165) is 24.8 Å². The number of nitrogens with one attached hydrogen (secondary N) is 2. The summed E-state index contributed by atoms with van der Waals surface area (Å²) in [6.07, 6.45) is 2.84. The molecule has 1 aliphatic heterocycles. The molecule has 150 valence electrons. The molecule has 0 bridgehead atoms. The van der Waals surface area contributed by atoms with Crippen LogP contribution in [0.1, 0.15) is 43.4 Å². The largest absolute Gasteiger partial charge is 0.334 e. The third-order valence-corrected chi connectivity index (χ3v) is 6.99. The summed E-state index contributed by atoms with van der Waals surface area (Å²) in [5.74, 6) is 0. The fraction of sp³-hybridized carbons (Fsp3) is 0.381. The monoisotopic (exact) mass is 401 g/mol. The molecule has 2 N–H and O–H groups in total. The van der Waals surface area contributed by atoms with Crippen molar-refractivity contribution in [3.05, 3.63) is 65.7 Å². The van der Waals surface area contributed by atoms with E-state index >= 15 is 0 Å². The van der Waals surface area contributed by atoms with Crippen LogP contribution in [0.3, 0.4) is 0 Å². The first-order valence-corrected chi connectivity index (χ1v) is 11.1. The van der Waals surface area contributed by atoms with Gasteiger partial charge in [-0.1, -0.05) is 55.0 Å². The molecule has 1 heterocycles. The second-order valence-corrected chi connectivity index (χ2v) is 8.94. The number of sulfonamides is 1. The molecule has 0 aliphatic carbocycles. The van der Waals surface area contributed by atoms with Gasteiger partial charge in [-0.25, -0.2) is 13.2 Å². The van der Waals surface area contributed by atoms with E-state index in [2.05, 4.69) is 10.6 Å². The average molecular weight is 402 g/mol. The van der Waals surface area contributed by atoms with E-state index in [1.54, 1.807) is 28.6 Å². The van der Waals surface area contributed by atoms with Crippen LogP contribution in [-0.2, 0) is 16.6 Å². The fourth-order valence-electron chi connectivity index (χ4n) is 3.39. The lowest BCUT2D eigenvalue weighted by molar-refractivity contribution is 0.237. The van der Waals surface area contributed by atoms with Gasteiger partial charge in [0.1, 0.15) is 0 Å². The molecule has 6 nitrogen and oxygen atoms in total. The molecular formula is C21H27N3O3S. The van der Waals surface area contributed by atoms with Crippen LogP contribution in [0.4, 0.5) is 4.79 Å². The lowest BCUT2D eigenvalue weighted by Crippen LogP contribution is -2.38. The highest BCUT2D eigenvalue weighted by atomic mass is 32.2. The van der Waals surface area contributed by atoms with E-state index in [9.17, 15) is 13.2 Å². The van der Waals surface area contributed by atoms with Crippen LogP contribution in [0.2, 0.25) is 0 Å². The molecule has 0 radical (unpaired) electrons. The smallest absolute Gasteiger partial charge is 0.315 e. The van der Waals surface area contributed by atoms with Crippen LogP contribution in [0.25, 0.3) is 0 Å². The second-order valence-electron chi connectivity index (χ2n) is 7.03. The van der Waals surface area contributed by atoms with Crippen molar-refractivity contribution in [2.24, 2.45) is 0 Å². The summed E-state index contributed by atoms with van der Waals surface area (Å²) in [5, 5.41) is 5.66. The van der Waals surface area contributed by atoms with Crippen LogP contribution in [0.5, 0.6) is 0 Å². The highest BCUT2D eigenvalue weighted by Crippen LogP contribution is 2.23. The number of carbonyl (C=O) groups excluding carboxylic acids is 1. The minimum absolute atomic E-state index is 0.145. The minimum atomic E-state index is -3.54. The van der Waals surface area contributed by atoms with Crippen molar-refractivity contribution in [2.45, 2.75) is 43.7 Å². The van der Waals surface area contributed by atoms with Crippen LogP contribution in [0.15, 0.2) is 59.5 Å². The maximum absolute atomic E-state index is 13.0. The van der Waals surface area contributed by atoms with Gasteiger partial charge in [-0.15, -0.1) is 0 Å². The Morgan fingerprint density at radius 2 is 1.64 bits per heavy atom. The van der Waals surface area contributed by atoms with E-state index in [4.69, 9.17) is 0 Å². The molecule has 3 rings (SSSR count). The molecule has 1 fully saturated rings. The van der Waals surface area contributed by atoms with Crippen molar-refractivity contribution in [3.8, 4) is 0 Å². The number of benzene rings is 2. The molecule has 2 amide bonds. The van der Waals surface area contributed by atoms with Crippen LogP contribution in [-0.4, -0.2) is 31.8 Å². The first-order chi connectivity index (χ1) is 13.5. The molecule has 2 aromatic rings. The van der Waals surface area contributed by atoms with Gasteiger partial charge in [0.25, 0.3) is 0 Å². The van der Waals surface area contributed by atoms with Crippen LogP contribution < -0.4 is 10.6 Å². The van der Waals surface area contributed by atoms with Crippen molar-refractivity contribution in [1.29, 1.82) is 0 Å². The Hall–Kier alpha value is -2.38. The Kier molecular flexibility index (Phi) is 6.70. The van der Waals surface area contributed by atoms with Gasteiger partial charge in [-0.3, -0.25) is 0 Å². The summed E-state index contributed by atoms with van der Waals surface area (Å²) < 4.78 is 27.6. The zero-order valence-electron chi connectivity index (χ0n) is 16.1. The lowest BCUT2D eigenvalue weighted by atomic mass is 10.1. The van der Waals surface area contributed by atoms with Crippen molar-refractivity contribution >= 4 is 16.1 Å². The summed E-state index contributed by atoms with van der Waals surface area (Å²) in [6, 6.07) is 16.1. The van der Waals surface area contributed by atoms with Gasteiger partial charge in [-0.2, -0.15) is 4.31 Å². The van der Waals surface area contributed by atoms with E-state index in [0.29, 0.717) is 18.7 Å². The Morgan fingerprint density at radius 3 is 2.36 bits per heavy atom. The van der Waals surface area contributed by atoms with E-state index in [1.165, 1.54) is 0 Å². The number of urea groups is 1. The Labute approximate surface area is 167 Å². The van der Waals surface area contributed by atoms with Gasteiger partial charge in [0.05, 0.1) is 10.9 Å². The maximum Gasteiger partial charge on any atom is 0.315 e. The number of nitrogens with zero attached hydrogens (tertiary/aromatic N) is 1. The molecule has 1 atom stereocenters. The summed E-state index contributed by atoms with van der Waals surface area (Å²) in [7, 11) is -3.54. The van der Waals surface area contributed by atoms with E-state index in [1.807, 2.05) is 37.3 Å². The zero-order chi connectivity index (χ0) is 20.0. The number of hydrogen-bond acceptors (Lipinski definition) is 3. The van der Waals surface area contributed by atoms with Gasteiger partial charge in [0, 0.05) is 19.6 Å². The summed E-state index contributed by atoms with van der Waals surface area (Å²) >= 11 is 0. The number of piperidine rings is 1. The number of rotatable bonds is 6. The third kappa shape index (κ3) is 4.91. The van der Waals surface area contributed by atoms with Gasteiger partial charge in [0.15, 0.2) is 0 Å². The second kappa shape index (κ2) is 9.21. The summed E-state index contributed by atoms with van der Waals surface area (Å²) in [4.78, 5) is 12.6. The molecule has 0 unspecified atom stereocenters. The molecule has 1 aliphatic rings. The molecule has 28 heavy (non-hydrogen) atoms. The zero-order valence-corrected chi connectivity index (χ0v) is 16.9. The fourth-order valence-corrected chi connectivity index (χ4v) is 5.13. The number of hydrogen-bond donors (Lipinski definition) is 2. The third-order valence-electron chi connectivity index (χ3n) is 4.99. The first-order valence-electron chi connectivity index (χ1n) is 9.66. The molecule has 0 saturated carbocycles. The predicted octanol–water partition coefficient (Wildman–Crippen LogP) is 3.42. The highest BCUT2D eigenvalue weighted by molar-refractivity contribution is 7.89. The molecule has 0 aromatic heterocycles. The molecular weight excluding hydrogens is 374 g/mol. The van der Waals surface area contributed by atoms with Crippen LogP contribution >= 0.6 is 0 Å². The van der Waals surface area contributed by atoms with Crippen LogP contribution in [0, 0.1) is 0 Å². The first kappa shape index (κ1) is 20.4. The van der Waals surface area contributed by atoms with Crippen molar-refractivity contribution in [2.75, 3.05) is 13.1 Å². The standard InChI is InChI=1S/C21H27N3O3S/c1-17(18-10-4-2-5-11-18)23-21(25)22-16-19-12-6-7-13-20(19)28(26,27)24-14-8-3-9-15-24/h2,4-7,10-13,17H,3,8-9,14-16H2,1H3,(H2,22,23,25)/t17-/m0/s1. The van der Waals surface area contributed by atoms with Crippen molar-refractivity contribution < 1.29 is 13.2 Å². The Morgan fingerprint density at radius 1 is 1.00 bits per heavy atom. The van der Waals surface area contributed by atoms with Crippen molar-refractivity contribution in [1.82, 2.24) is 14.9 Å². The lowest BCUT2D eigenvalue weighted by Gasteiger charge is -2.27. The SMILES string of the molecule is C[C@H](NC(=O)NCc1ccccc1S(=O)(=O)N1CCCCC1)c1ccccc1. The molecule has 1 saturated heterocycles. The topological polar surface area (TPSA) is 78.5 Å². The maximum atomic E-state index is 13.0. The Balaban J connectivity index is 1.66. The van der Waals surface area contributed by atoms with E-state index in [-0.39, 0.29) is 23.5 Å². The van der Waals surface area contributed by atoms with E-state index < -0.39 is 10.0 Å². The Bertz CT molecular complexity index is 894. The van der Waals surface area contributed by atoms with Gasteiger partial charge in [0.2, 0.25) is 10.0 Å². The molecule has 7 heteroatoms.